The maximum absolute atomic E-state index is 12.6. The fraction of sp³-hybridized carbons (Fsp3) is 0.300. The lowest BCUT2D eigenvalue weighted by molar-refractivity contribution is -0.137. The van der Waals surface area contributed by atoms with Crippen molar-refractivity contribution in [1.82, 2.24) is 9.80 Å². The summed E-state index contributed by atoms with van der Waals surface area (Å²) in [6.45, 7) is 1.63. The normalized spacial score (nSPS) is 14.2. The molecule has 0 radical (unpaired) electrons. The van der Waals surface area contributed by atoms with E-state index in [1.807, 2.05) is 30.3 Å². The lowest BCUT2D eigenvalue weighted by Crippen LogP contribution is -2.51. The molecule has 2 aromatic rings. The Balaban J connectivity index is 0.00000300. The van der Waals surface area contributed by atoms with Crippen molar-refractivity contribution in [2.45, 2.75) is 6.18 Å². The van der Waals surface area contributed by atoms with Crippen molar-refractivity contribution in [3.63, 3.8) is 0 Å². The van der Waals surface area contributed by atoms with E-state index in [9.17, 15) is 22.8 Å². The number of halogens is 4. The number of carbonyl (C=O) groups excluding carboxylic acids is 2. The van der Waals surface area contributed by atoms with Crippen LogP contribution in [0.5, 0.6) is 0 Å². The molecule has 2 aromatic carbocycles. The maximum atomic E-state index is 12.6. The summed E-state index contributed by atoms with van der Waals surface area (Å²) in [4.78, 5) is 28.0. The van der Waals surface area contributed by atoms with E-state index < -0.39 is 11.7 Å². The largest absolute Gasteiger partial charge is 0.416 e. The number of amides is 2. The second-order valence-corrected chi connectivity index (χ2v) is 6.47. The maximum Gasteiger partial charge on any atom is 0.416 e. The lowest BCUT2D eigenvalue weighted by atomic mass is 10.1. The van der Waals surface area contributed by atoms with Gasteiger partial charge in [-0.05, 0) is 36.4 Å². The number of hydrogen-bond acceptors (Lipinski definition) is 3. The Hall–Kier alpha value is -2.74. The molecule has 9 heteroatoms. The van der Waals surface area contributed by atoms with Gasteiger partial charge in [-0.15, -0.1) is 12.4 Å². The molecule has 1 heterocycles. The summed E-state index contributed by atoms with van der Waals surface area (Å²) in [5.74, 6) is -0.395. The van der Waals surface area contributed by atoms with E-state index in [1.54, 1.807) is 9.80 Å². The average molecular weight is 428 g/mol. The molecule has 1 fully saturated rings. The minimum Gasteiger partial charge on any atom is -0.376 e. The Morgan fingerprint density at radius 1 is 0.862 bits per heavy atom. The third kappa shape index (κ3) is 5.87. The number of nitrogens with one attached hydrogen (secondary N) is 1. The van der Waals surface area contributed by atoms with Crippen molar-refractivity contribution in [3.05, 3.63) is 65.7 Å². The smallest absolute Gasteiger partial charge is 0.376 e. The number of hydrogen-bond donors (Lipinski definition) is 1. The molecule has 1 aliphatic rings. The molecule has 2 amide bonds. The van der Waals surface area contributed by atoms with E-state index in [0.29, 0.717) is 26.2 Å². The molecule has 0 saturated carbocycles. The van der Waals surface area contributed by atoms with Crippen LogP contribution in [-0.4, -0.2) is 54.3 Å². The zero-order valence-corrected chi connectivity index (χ0v) is 16.3. The van der Waals surface area contributed by atoms with Gasteiger partial charge >= 0.3 is 6.18 Å². The summed E-state index contributed by atoms with van der Waals surface area (Å²) >= 11 is 0. The first-order valence-electron chi connectivity index (χ1n) is 8.88. The van der Waals surface area contributed by atoms with Crippen molar-refractivity contribution in [3.8, 4) is 0 Å². The van der Waals surface area contributed by atoms with Gasteiger partial charge < -0.3 is 15.1 Å². The molecule has 0 unspecified atom stereocenters. The summed E-state index contributed by atoms with van der Waals surface area (Å²) in [7, 11) is 0. The van der Waals surface area contributed by atoms with Gasteiger partial charge in [0.05, 0.1) is 12.1 Å². The molecular weight excluding hydrogens is 407 g/mol. The van der Waals surface area contributed by atoms with Gasteiger partial charge in [-0.3, -0.25) is 9.59 Å². The molecule has 1 saturated heterocycles. The van der Waals surface area contributed by atoms with Crippen molar-refractivity contribution in [2.24, 2.45) is 0 Å². The summed E-state index contributed by atoms with van der Waals surface area (Å²) in [5, 5.41) is 3.06. The Morgan fingerprint density at radius 2 is 1.41 bits per heavy atom. The molecule has 156 valence electrons. The highest BCUT2D eigenvalue weighted by Gasteiger charge is 2.31. The van der Waals surface area contributed by atoms with Crippen LogP contribution in [0.4, 0.5) is 18.9 Å². The highest BCUT2D eigenvalue weighted by atomic mass is 35.5. The Kier molecular flexibility index (Phi) is 7.50. The van der Waals surface area contributed by atoms with E-state index in [-0.39, 0.29) is 36.3 Å². The van der Waals surface area contributed by atoms with E-state index in [4.69, 9.17) is 0 Å². The zero-order chi connectivity index (χ0) is 20.1. The molecule has 3 rings (SSSR count). The molecule has 1 aliphatic heterocycles. The quantitative estimate of drug-likeness (QED) is 0.812. The fourth-order valence-corrected chi connectivity index (χ4v) is 2.99. The first-order chi connectivity index (χ1) is 13.3. The number of nitrogens with zero attached hydrogens (tertiary/aromatic N) is 2. The Morgan fingerprint density at radius 3 is 1.97 bits per heavy atom. The second-order valence-electron chi connectivity index (χ2n) is 6.47. The van der Waals surface area contributed by atoms with Gasteiger partial charge in [-0.25, -0.2) is 0 Å². The molecule has 1 N–H and O–H groups in total. The van der Waals surface area contributed by atoms with E-state index in [0.717, 1.165) is 17.8 Å². The topological polar surface area (TPSA) is 52.7 Å². The van der Waals surface area contributed by atoms with Gasteiger partial charge in [0.25, 0.3) is 5.91 Å². The zero-order valence-electron chi connectivity index (χ0n) is 15.5. The molecule has 0 atom stereocenters. The van der Waals surface area contributed by atoms with Crippen LogP contribution in [0.3, 0.4) is 0 Å². The van der Waals surface area contributed by atoms with Crippen molar-refractivity contribution in [2.75, 3.05) is 38.0 Å². The van der Waals surface area contributed by atoms with Crippen molar-refractivity contribution < 1.29 is 22.8 Å². The van der Waals surface area contributed by atoms with Crippen LogP contribution in [0.2, 0.25) is 0 Å². The predicted octanol–water partition coefficient (Wildman–Crippen LogP) is 3.52. The van der Waals surface area contributed by atoms with Crippen LogP contribution in [0.1, 0.15) is 15.9 Å². The number of benzene rings is 2. The first-order valence-corrected chi connectivity index (χ1v) is 8.88. The van der Waals surface area contributed by atoms with Crippen LogP contribution < -0.4 is 5.32 Å². The summed E-state index contributed by atoms with van der Waals surface area (Å²) in [5.41, 5.74) is 0.274. The molecule has 29 heavy (non-hydrogen) atoms. The SMILES string of the molecule is Cl.O=C(CNc1ccccc1)N1CCN(C(=O)c2ccc(C(F)(F)F)cc2)CC1. The minimum absolute atomic E-state index is 0. The number of alkyl halides is 3. The monoisotopic (exact) mass is 427 g/mol. The summed E-state index contributed by atoms with van der Waals surface area (Å²) in [6, 6.07) is 13.6. The van der Waals surface area contributed by atoms with Gasteiger partial charge in [0, 0.05) is 37.4 Å². The van der Waals surface area contributed by atoms with E-state index >= 15 is 0 Å². The molecule has 0 aliphatic carbocycles. The van der Waals surface area contributed by atoms with Gasteiger partial charge in [0.2, 0.25) is 5.91 Å². The Bertz CT molecular complexity index is 821. The fourth-order valence-electron chi connectivity index (χ4n) is 2.99. The van der Waals surface area contributed by atoms with Crippen molar-refractivity contribution >= 4 is 29.9 Å². The van der Waals surface area contributed by atoms with Gasteiger partial charge in [0.15, 0.2) is 0 Å². The van der Waals surface area contributed by atoms with Crippen LogP contribution in [0.25, 0.3) is 0 Å². The number of piperazine rings is 1. The number of carbonyl (C=O) groups is 2. The predicted molar refractivity (Wildman–Crippen MR) is 106 cm³/mol. The second kappa shape index (κ2) is 9.65. The van der Waals surface area contributed by atoms with Crippen molar-refractivity contribution in [1.29, 1.82) is 0 Å². The third-order valence-electron chi connectivity index (χ3n) is 4.60. The van der Waals surface area contributed by atoms with Crippen LogP contribution in [0.15, 0.2) is 54.6 Å². The van der Waals surface area contributed by atoms with E-state index in [1.165, 1.54) is 12.1 Å². The number of anilines is 1. The lowest BCUT2D eigenvalue weighted by Gasteiger charge is -2.35. The highest BCUT2D eigenvalue weighted by molar-refractivity contribution is 5.94. The number of rotatable bonds is 4. The standard InChI is InChI=1S/C20H20F3N3O2.ClH/c21-20(22,23)16-8-6-15(7-9-16)19(28)26-12-10-25(11-13-26)18(27)14-24-17-4-2-1-3-5-17;/h1-9,24H,10-14H2;1H. The molecule has 0 bridgehead atoms. The van der Waals surface area contributed by atoms with Gasteiger partial charge in [-0.1, -0.05) is 18.2 Å². The minimum atomic E-state index is -4.43. The molecular formula is C20H21ClF3N3O2. The average Bonchev–Trinajstić information content (AvgIpc) is 2.72. The number of para-hydroxylation sites is 1. The highest BCUT2D eigenvalue weighted by Crippen LogP contribution is 2.29. The van der Waals surface area contributed by atoms with E-state index in [2.05, 4.69) is 5.32 Å². The summed E-state index contributed by atoms with van der Waals surface area (Å²) < 4.78 is 37.9. The van der Waals surface area contributed by atoms with Crippen LogP contribution in [0, 0.1) is 0 Å². The third-order valence-corrected chi connectivity index (χ3v) is 4.60. The summed E-state index contributed by atoms with van der Waals surface area (Å²) in [6.07, 6.45) is -4.43. The molecule has 0 spiro atoms. The van der Waals surface area contributed by atoms with Crippen LogP contribution in [-0.2, 0) is 11.0 Å². The van der Waals surface area contributed by atoms with Gasteiger partial charge in [-0.2, -0.15) is 13.2 Å². The first kappa shape index (κ1) is 22.5. The van der Waals surface area contributed by atoms with Gasteiger partial charge in [0.1, 0.15) is 0 Å². The molecule has 5 nitrogen and oxygen atoms in total. The van der Waals surface area contributed by atoms with Crippen LogP contribution >= 0.6 is 12.4 Å². The molecule has 0 aromatic heterocycles. The Labute approximate surface area is 172 Å².